The number of ether oxygens (including phenoxy) is 1. The van der Waals surface area contributed by atoms with E-state index < -0.39 is 0 Å². The molecule has 2 aromatic rings. The summed E-state index contributed by atoms with van der Waals surface area (Å²) in [6.07, 6.45) is 4.43. The topological polar surface area (TPSA) is 87.7 Å². The highest BCUT2D eigenvalue weighted by Crippen LogP contribution is 2.32. The summed E-state index contributed by atoms with van der Waals surface area (Å²) < 4.78 is 5.36. The first-order valence-corrected chi connectivity index (χ1v) is 9.94. The van der Waals surface area contributed by atoms with E-state index in [9.17, 15) is 9.59 Å². The number of rotatable bonds is 4. The van der Waals surface area contributed by atoms with Crippen LogP contribution in [0.1, 0.15) is 42.6 Å². The molecule has 0 aliphatic carbocycles. The van der Waals surface area contributed by atoms with Crippen molar-refractivity contribution in [1.29, 1.82) is 0 Å². The minimum atomic E-state index is -0.279. The van der Waals surface area contributed by atoms with Crippen molar-refractivity contribution in [1.82, 2.24) is 15.3 Å². The van der Waals surface area contributed by atoms with Crippen molar-refractivity contribution in [3.05, 3.63) is 47.8 Å². The summed E-state index contributed by atoms with van der Waals surface area (Å²) in [6.45, 7) is 5.61. The maximum atomic E-state index is 12.4. The Morgan fingerprint density at radius 3 is 2.55 bits per heavy atom. The van der Waals surface area contributed by atoms with E-state index in [0.29, 0.717) is 18.1 Å². The van der Waals surface area contributed by atoms with Crippen molar-refractivity contribution in [3.8, 4) is 0 Å². The van der Waals surface area contributed by atoms with Gasteiger partial charge in [0.2, 0.25) is 5.95 Å². The van der Waals surface area contributed by atoms with Crippen molar-refractivity contribution < 1.29 is 14.3 Å². The standard InChI is InChI=1S/C21H25N5O3/c1-14(2)24-19(27)16-11-22-20(23-12-16)25-9-7-17(8-10-25)26-18-6-4-3-5-15(18)13-29-21(26)28/h3-6,11-12,14,17H,7-10,13H2,1-2H3,(H,24,27). The number of benzene rings is 1. The second kappa shape index (κ2) is 8.06. The molecular weight excluding hydrogens is 370 g/mol. The van der Waals surface area contributed by atoms with E-state index in [4.69, 9.17) is 4.74 Å². The number of piperidine rings is 1. The van der Waals surface area contributed by atoms with E-state index in [2.05, 4.69) is 20.2 Å². The summed E-state index contributed by atoms with van der Waals surface area (Å²) in [5.41, 5.74) is 2.43. The largest absolute Gasteiger partial charge is 0.444 e. The van der Waals surface area contributed by atoms with E-state index in [1.54, 1.807) is 17.3 Å². The number of hydrogen-bond acceptors (Lipinski definition) is 6. The Balaban J connectivity index is 1.41. The van der Waals surface area contributed by atoms with Gasteiger partial charge in [-0.2, -0.15) is 0 Å². The number of nitrogens with one attached hydrogen (secondary N) is 1. The zero-order valence-corrected chi connectivity index (χ0v) is 16.7. The Bertz CT molecular complexity index is 891. The van der Waals surface area contributed by atoms with Crippen LogP contribution in [0.4, 0.5) is 16.4 Å². The van der Waals surface area contributed by atoms with E-state index in [1.807, 2.05) is 38.1 Å². The average Bonchev–Trinajstić information content (AvgIpc) is 2.73. The second-order valence-electron chi connectivity index (χ2n) is 7.67. The molecule has 1 N–H and O–H groups in total. The van der Waals surface area contributed by atoms with Gasteiger partial charge in [-0.1, -0.05) is 18.2 Å². The SMILES string of the molecule is CC(C)NC(=O)c1cnc(N2CCC(N3C(=O)OCc4ccccc43)CC2)nc1. The number of nitrogens with zero attached hydrogens (tertiary/aromatic N) is 4. The smallest absolute Gasteiger partial charge is 0.414 e. The second-order valence-corrected chi connectivity index (χ2v) is 7.67. The zero-order chi connectivity index (χ0) is 20.4. The van der Waals surface area contributed by atoms with Crippen LogP contribution in [0.3, 0.4) is 0 Å². The van der Waals surface area contributed by atoms with Crippen molar-refractivity contribution in [3.63, 3.8) is 0 Å². The molecule has 0 atom stereocenters. The first kappa shape index (κ1) is 19.2. The summed E-state index contributed by atoms with van der Waals surface area (Å²) in [5.74, 6) is 0.429. The molecule has 2 amide bonds. The molecule has 0 saturated carbocycles. The van der Waals surface area contributed by atoms with Gasteiger partial charge in [0.1, 0.15) is 6.61 Å². The molecule has 1 aromatic heterocycles. The molecule has 4 rings (SSSR count). The molecule has 29 heavy (non-hydrogen) atoms. The van der Waals surface area contributed by atoms with Gasteiger partial charge in [0, 0.05) is 43.1 Å². The molecule has 1 aromatic carbocycles. The number of hydrogen-bond donors (Lipinski definition) is 1. The first-order valence-electron chi connectivity index (χ1n) is 9.94. The minimum Gasteiger partial charge on any atom is -0.444 e. The Kier molecular flexibility index (Phi) is 5.33. The summed E-state index contributed by atoms with van der Waals surface area (Å²) in [6, 6.07) is 8.02. The monoisotopic (exact) mass is 395 g/mol. The van der Waals surface area contributed by atoms with E-state index in [0.717, 1.165) is 37.2 Å². The number of amides is 2. The van der Waals surface area contributed by atoms with Gasteiger partial charge >= 0.3 is 6.09 Å². The van der Waals surface area contributed by atoms with Crippen LogP contribution < -0.4 is 15.1 Å². The molecular formula is C21H25N5O3. The molecule has 3 heterocycles. The molecule has 2 aliphatic heterocycles. The Morgan fingerprint density at radius 2 is 1.86 bits per heavy atom. The van der Waals surface area contributed by atoms with Gasteiger partial charge in [-0.15, -0.1) is 0 Å². The Labute approximate surface area is 169 Å². The Morgan fingerprint density at radius 1 is 1.17 bits per heavy atom. The van der Waals surface area contributed by atoms with E-state index in [1.165, 1.54) is 0 Å². The first-order chi connectivity index (χ1) is 14.0. The molecule has 8 nitrogen and oxygen atoms in total. The quantitative estimate of drug-likeness (QED) is 0.857. The zero-order valence-electron chi connectivity index (χ0n) is 16.7. The lowest BCUT2D eigenvalue weighted by atomic mass is 10.0. The predicted octanol–water partition coefficient (Wildman–Crippen LogP) is 2.74. The van der Waals surface area contributed by atoms with Crippen LogP contribution in [0.5, 0.6) is 0 Å². The summed E-state index contributed by atoms with van der Waals surface area (Å²) in [5, 5.41) is 2.83. The molecule has 1 saturated heterocycles. The molecule has 0 radical (unpaired) electrons. The van der Waals surface area contributed by atoms with Crippen molar-refractivity contribution in [2.75, 3.05) is 22.9 Å². The summed E-state index contributed by atoms with van der Waals surface area (Å²) in [7, 11) is 0. The third kappa shape index (κ3) is 4.01. The highest BCUT2D eigenvalue weighted by molar-refractivity contribution is 5.93. The van der Waals surface area contributed by atoms with Gasteiger partial charge in [-0.3, -0.25) is 9.69 Å². The molecule has 0 spiro atoms. The number of fused-ring (bicyclic) bond motifs is 1. The van der Waals surface area contributed by atoms with Gasteiger partial charge in [0.25, 0.3) is 5.91 Å². The number of aromatic nitrogens is 2. The average molecular weight is 395 g/mol. The molecule has 152 valence electrons. The van der Waals surface area contributed by atoms with Crippen LogP contribution in [-0.2, 0) is 11.3 Å². The van der Waals surface area contributed by atoms with Gasteiger partial charge in [-0.25, -0.2) is 14.8 Å². The third-order valence-corrected chi connectivity index (χ3v) is 5.23. The molecule has 8 heteroatoms. The maximum absolute atomic E-state index is 12.4. The maximum Gasteiger partial charge on any atom is 0.414 e. The third-order valence-electron chi connectivity index (χ3n) is 5.23. The highest BCUT2D eigenvalue weighted by Gasteiger charge is 2.34. The van der Waals surface area contributed by atoms with E-state index >= 15 is 0 Å². The van der Waals surface area contributed by atoms with Crippen LogP contribution in [0.25, 0.3) is 0 Å². The lowest BCUT2D eigenvalue weighted by molar-refractivity contribution is 0.0942. The molecule has 0 bridgehead atoms. The van der Waals surface area contributed by atoms with Gasteiger partial charge in [0.05, 0.1) is 11.3 Å². The van der Waals surface area contributed by atoms with Crippen molar-refractivity contribution >= 4 is 23.6 Å². The lowest BCUT2D eigenvalue weighted by Crippen LogP contribution is -2.49. The number of carbonyl (C=O) groups excluding carboxylic acids is 2. The molecule has 1 fully saturated rings. The predicted molar refractivity (Wildman–Crippen MR) is 109 cm³/mol. The number of anilines is 2. The number of para-hydroxylation sites is 1. The van der Waals surface area contributed by atoms with Gasteiger partial charge < -0.3 is 15.0 Å². The fourth-order valence-electron chi connectivity index (χ4n) is 3.79. The molecule has 2 aliphatic rings. The van der Waals surface area contributed by atoms with Crippen LogP contribution in [0.15, 0.2) is 36.7 Å². The highest BCUT2D eigenvalue weighted by atomic mass is 16.6. The van der Waals surface area contributed by atoms with Crippen LogP contribution in [-0.4, -0.2) is 47.1 Å². The fourth-order valence-corrected chi connectivity index (χ4v) is 3.79. The van der Waals surface area contributed by atoms with Crippen molar-refractivity contribution in [2.24, 2.45) is 0 Å². The van der Waals surface area contributed by atoms with Crippen LogP contribution in [0.2, 0.25) is 0 Å². The van der Waals surface area contributed by atoms with Crippen LogP contribution in [0, 0.1) is 0 Å². The van der Waals surface area contributed by atoms with E-state index in [-0.39, 0.29) is 24.1 Å². The summed E-state index contributed by atoms with van der Waals surface area (Å²) in [4.78, 5) is 37.1. The van der Waals surface area contributed by atoms with Crippen molar-refractivity contribution in [2.45, 2.75) is 45.4 Å². The fraction of sp³-hybridized carbons (Fsp3) is 0.429. The van der Waals surface area contributed by atoms with Gasteiger partial charge in [0.15, 0.2) is 0 Å². The van der Waals surface area contributed by atoms with Gasteiger partial charge in [-0.05, 0) is 32.8 Å². The number of cyclic esters (lactones) is 1. The summed E-state index contributed by atoms with van der Waals surface area (Å²) >= 11 is 0. The normalized spacial score (nSPS) is 17.1. The minimum absolute atomic E-state index is 0.0628. The number of carbonyl (C=O) groups is 2. The van der Waals surface area contributed by atoms with Crippen LogP contribution >= 0.6 is 0 Å². The Hall–Kier alpha value is -3.16. The lowest BCUT2D eigenvalue weighted by Gasteiger charge is -2.40. The molecule has 0 unspecified atom stereocenters.